The molecule has 0 N–H and O–H groups in total. The summed E-state index contributed by atoms with van der Waals surface area (Å²) < 4.78 is 4.85. The van der Waals surface area contributed by atoms with Crippen LogP contribution in [0.2, 0.25) is 0 Å². The molecule has 1 rings (SSSR count). The van der Waals surface area contributed by atoms with E-state index in [9.17, 15) is 9.59 Å². The fourth-order valence-corrected chi connectivity index (χ4v) is 2.01. The average Bonchev–Trinajstić information content (AvgIpc) is 2.50. The predicted octanol–water partition coefficient (Wildman–Crippen LogP) is 3.05. The van der Waals surface area contributed by atoms with E-state index >= 15 is 0 Å². The summed E-state index contributed by atoms with van der Waals surface area (Å²) in [4.78, 5) is 25.1. The summed E-state index contributed by atoms with van der Waals surface area (Å²) in [6.07, 6.45) is 3.60. The lowest BCUT2D eigenvalue weighted by molar-refractivity contribution is -0.143. The number of hydrogen-bond donors (Lipinski definition) is 0. The van der Waals surface area contributed by atoms with Crippen LogP contribution in [0.5, 0.6) is 0 Å². The van der Waals surface area contributed by atoms with Gasteiger partial charge >= 0.3 is 5.97 Å². The van der Waals surface area contributed by atoms with E-state index in [4.69, 9.17) is 4.74 Å². The number of esters is 1. The van der Waals surface area contributed by atoms with Gasteiger partial charge in [-0.1, -0.05) is 25.5 Å². The van der Waals surface area contributed by atoms with Crippen LogP contribution in [0.25, 0.3) is 0 Å². The second-order valence-electron chi connectivity index (χ2n) is 5.08. The van der Waals surface area contributed by atoms with Gasteiger partial charge in [-0.2, -0.15) is 0 Å². The molecule has 0 atom stereocenters. The Morgan fingerprint density at radius 2 is 1.81 bits per heavy atom. The highest BCUT2D eigenvalue weighted by Gasteiger charge is 2.13. The Kier molecular flexibility index (Phi) is 7.51. The summed E-state index contributed by atoms with van der Waals surface area (Å²) in [5.74, 6) is -0.339. The lowest BCUT2D eigenvalue weighted by atomic mass is 10.1. The zero-order valence-electron chi connectivity index (χ0n) is 13.2. The van der Waals surface area contributed by atoms with Crippen LogP contribution in [0, 0.1) is 0 Å². The molecule has 4 heteroatoms. The van der Waals surface area contributed by atoms with Crippen LogP contribution in [0.1, 0.15) is 49.0 Å². The average molecular weight is 291 g/mol. The molecule has 1 aromatic rings. The molecule has 1 amide bonds. The monoisotopic (exact) mass is 291 g/mol. The number of carbonyl (C=O) groups excluding carboxylic acids is 2. The van der Waals surface area contributed by atoms with Gasteiger partial charge in [0.15, 0.2) is 0 Å². The third kappa shape index (κ3) is 5.98. The topological polar surface area (TPSA) is 46.6 Å². The first kappa shape index (κ1) is 17.2. The molecular formula is C17H25NO3. The Morgan fingerprint density at radius 1 is 1.14 bits per heavy atom. The molecule has 0 aliphatic heterocycles. The number of amides is 1. The van der Waals surface area contributed by atoms with Crippen molar-refractivity contribution >= 4 is 11.9 Å². The molecule has 1 aromatic carbocycles. The lowest BCUT2D eigenvalue weighted by Gasteiger charge is -2.16. The summed E-state index contributed by atoms with van der Waals surface area (Å²) in [6, 6.07) is 7.71. The maximum Gasteiger partial charge on any atom is 0.307 e. The van der Waals surface area contributed by atoms with Gasteiger partial charge < -0.3 is 9.64 Å². The van der Waals surface area contributed by atoms with Crippen molar-refractivity contribution in [3.63, 3.8) is 0 Å². The van der Waals surface area contributed by atoms with Crippen LogP contribution in [-0.4, -0.2) is 37.0 Å². The molecule has 116 valence electrons. The largest absolute Gasteiger partial charge is 0.466 e. The number of aryl methyl sites for hydroxylation is 1. The van der Waals surface area contributed by atoms with Crippen LogP contribution < -0.4 is 0 Å². The molecule has 0 spiro atoms. The molecule has 0 aliphatic rings. The van der Waals surface area contributed by atoms with Gasteiger partial charge in [0.25, 0.3) is 5.91 Å². The third-order valence-corrected chi connectivity index (χ3v) is 3.32. The highest BCUT2D eigenvalue weighted by molar-refractivity contribution is 5.94. The number of hydrogen-bond acceptors (Lipinski definition) is 3. The van der Waals surface area contributed by atoms with E-state index in [1.807, 2.05) is 24.3 Å². The highest BCUT2D eigenvalue weighted by atomic mass is 16.5. The molecule has 0 aromatic heterocycles. The molecule has 21 heavy (non-hydrogen) atoms. The van der Waals surface area contributed by atoms with Crippen molar-refractivity contribution in [2.45, 2.75) is 39.5 Å². The second kappa shape index (κ2) is 9.16. The van der Waals surface area contributed by atoms with E-state index in [0.717, 1.165) is 19.3 Å². The number of nitrogens with zero attached hydrogens (tertiary/aromatic N) is 1. The van der Waals surface area contributed by atoms with Gasteiger partial charge in [0.05, 0.1) is 13.0 Å². The SMILES string of the molecule is CCCCc1ccc(C(=O)N(C)CCC(=O)OCC)cc1. The normalized spacial score (nSPS) is 10.2. The molecule has 0 fully saturated rings. The smallest absolute Gasteiger partial charge is 0.307 e. The van der Waals surface area contributed by atoms with Gasteiger partial charge in [0, 0.05) is 19.2 Å². The van der Waals surface area contributed by atoms with Crippen molar-refractivity contribution < 1.29 is 14.3 Å². The molecule has 0 radical (unpaired) electrons. The maximum absolute atomic E-state index is 12.2. The van der Waals surface area contributed by atoms with Crippen LogP contribution >= 0.6 is 0 Å². The van der Waals surface area contributed by atoms with E-state index in [-0.39, 0.29) is 18.3 Å². The van der Waals surface area contributed by atoms with E-state index in [2.05, 4.69) is 6.92 Å². The minimum atomic E-state index is -0.271. The molecule has 0 aliphatic carbocycles. The Bertz CT molecular complexity index is 454. The fraction of sp³-hybridized carbons (Fsp3) is 0.529. The van der Waals surface area contributed by atoms with E-state index in [0.29, 0.717) is 18.7 Å². The second-order valence-corrected chi connectivity index (χ2v) is 5.08. The molecule has 0 saturated heterocycles. The van der Waals surface area contributed by atoms with Crippen LogP contribution in [0.4, 0.5) is 0 Å². The Morgan fingerprint density at radius 3 is 2.38 bits per heavy atom. The zero-order chi connectivity index (χ0) is 15.7. The van der Waals surface area contributed by atoms with Crippen molar-refractivity contribution in [2.24, 2.45) is 0 Å². The summed E-state index contributed by atoms with van der Waals surface area (Å²) >= 11 is 0. The molecule has 0 unspecified atom stereocenters. The first-order chi connectivity index (χ1) is 10.1. The molecule has 0 heterocycles. The number of ether oxygens (including phenoxy) is 1. The van der Waals surface area contributed by atoms with Crippen LogP contribution in [-0.2, 0) is 16.0 Å². The minimum Gasteiger partial charge on any atom is -0.466 e. The predicted molar refractivity (Wildman–Crippen MR) is 83.3 cm³/mol. The van der Waals surface area contributed by atoms with Crippen LogP contribution in [0.3, 0.4) is 0 Å². The highest BCUT2D eigenvalue weighted by Crippen LogP contribution is 2.10. The van der Waals surface area contributed by atoms with Crippen LogP contribution in [0.15, 0.2) is 24.3 Å². The van der Waals surface area contributed by atoms with Crippen molar-refractivity contribution in [2.75, 3.05) is 20.2 Å². The van der Waals surface area contributed by atoms with Gasteiger partial charge in [-0.05, 0) is 37.5 Å². The van der Waals surface area contributed by atoms with E-state index < -0.39 is 0 Å². The molecule has 4 nitrogen and oxygen atoms in total. The summed E-state index contributed by atoms with van der Waals surface area (Å²) in [6.45, 7) is 4.67. The third-order valence-electron chi connectivity index (χ3n) is 3.32. The van der Waals surface area contributed by atoms with E-state index in [1.165, 1.54) is 5.56 Å². The summed E-state index contributed by atoms with van der Waals surface area (Å²) in [7, 11) is 1.70. The Hall–Kier alpha value is -1.84. The lowest BCUT2D eigenvalue weighted by Crippen LogP contribution is -2.29. The number of unbranched alkanes of at least 4 members (excludes halogenated alkanes) is 1. The Labute approximate surface area is 127 Å². The van der Waals surface area contributed by atoms with Gasteiger partial charge in [-0.25, -0.2) is 0 Å². The first-order valence-electron chi connectivity index (χ1n) is 7.58. The van der Waals surface area contributed by atoms with Crippen molar-refractivity contribution in [3.8, 4) is 0 Å². The van der Waals surface area contributed by atoms with Crippen molar-refractivity contribution in [3.05, 3.63) is 35.4 Å². The van der Waals surface area contributed by atoms with Gasteiger partial charge in [-0.3, -0.25) is 9.59 Å². The van der Waals surface area contributed by atoms with Crippen molar-refractivity contribution in [1.82, 2.24) is 4.90 Å². The Balaban J connectivity index is 2.51. The molecular weight excluding hydrogens is 266 g/mol. The first-order valence-corrected chi connectivity index (χ1v) is 7.58. The quantitative estimate of drug-likeness (QED) is 0.692. The summed E-state index contributed by atoms with van der Waals surface area (Å²) in [5, 5.41) is 0. The van der Waals surface area contributed by atoms with Crippen molar-refractivity contribution in [1.29, 1.82) is 0 Å². The molecule has 0 bridgehead atoms. The summed E-state index contributed by atoms with van der Waals surface area (Å²) in [5.41, 5.74) is 1.91. The standard InChI is InChI=1S/C17H25NO3/c1-4-6-7-14-8-10-15(11-9-14)17(20)18(3)13-12-16(19)21-5-2/h8-11H,4-7,12-13H2,1-3H3. The number of carbonyl (C=O) groups is 2. The number of rotatable bonds is 8. The number of benzene rings is 1. The maximum atomic E-state index is 12.2. The van der Waals surface area contributed by atoms with E-state index in [1.54, 1.807) is 18.9 Å². The molecule has 0 saturated carbocycles. The zero-order valence-corrected chi connectivity index (χ0v) is 13.2. The minimum absolute atomic E-state index is 0.0682. The van der Waals surface area contributed by atoms with Gasteiger partial charge in [0.2, 0.25) is 0 Å². The fourth-order valence-electron chi connectivity index (χ4n) is 2.01. The van der Waals surface area contributed by atoms with Gasteiger partial charge in [0.1, 0.15) is 0 Å². The van der Waals surface area contributed by atoms with Gasteiger partial charge in [-0.15, -0.1) is 0 Å².